The van der Waals surface area contributed by atoms with Gasteiger partial charge in [-0.05, 0) is 41.8 Å². The lowest BCUT2D eigenvalue weighted by atomic mass is 10.2. The monoisotopic (exact) mass is 350 g/mol. The fourth-order valence-corrected chi connectivity index (χ4v) is 3.00. The molecule has 0 spiro atoms. The van der Waals surface area contributed by atoms with Gasteiger partial charge in [0.25, 0.3) is 0 Å². The lowest BCUT2D eigenvalue weighted by molar-refractivity contribution is -0.120. The first-order chi connectivity index (χ1) is 11.4. The number of halogens is 1. The summed E-state index contributed by atoms with van der Waals surface area (Å²) in [5.74, 6) is -0.819. The van der Waals surface area contributed by atoms with Crippen LogP contribution < -0.4 is 10.0 Å². The van der Waals surface area contributed by atoms with E-state index in [2.05, 4.69) is 10.0 Å². The van der Waals surface area contributed by atoms with Gasteiger partial charge in [-0.1, -0.05) is 31.2 Å². The molecule has 0 aliphatic heterocycles. The lowest BCUT2D eigenvalue weighted by Gasteiger charge is -2.08. The zero-order valence-corrected chi connectivity index (χ0v) is 14.1. The molecule has 0 fully saturated rings. The summed E-state index contributed by atoms with van der Waals surface area (Å²) in [6.07, 6.45) is 0.819. The molecule has 2 N–H and O–H groups in total. The Kier molecular flexibility index (Phi) is 6.05. The molecule has 0 heterocycles. The normalized spacial score (nSPS) is 11.2. The Morgan fingerprint density at radius 1 is 1.00 bits per heavy atom. The SMILES string of the molecule is CCc1ccc(S(=O)(=O)NCC(=O)NCc2ccc(F)cc2)cc1. The average Bonchev–Trinajstić information content (AvgIpc) is 2.59. The molecule has 0 aromatic heterocycles. The van der Waals surface area contributed by atoms with Crippen LogP contribution in [0.15, 0.2) is 53.4 Å². The van der Waals surface area contributed by atoms with Crippen LogP contribution in [-0.4, -0.2) is 20.9 Å². The Balaban J connectivity index is 1.86. The van der Waals surface area contributed by atoms with Gasteiger partial charge >= 0.3 is 0 Å². The molecule has 0 radical (unpaired) electrons. The second-order valence-electron chi connectivity index (χ2n) is 5.23. The molecule has 0 atom stereocenters. The number of nitrogens with one attached hydrogen (secondary N) is 2. The summed E-state index contributed by atoms with van der Waals surface area (Å²) in [5, 5.41) is 2.57. The van der Waals surface area contributed by atoms with Gasteiger partial charge in [0.15, 0.2) is 0 Å². The van der Waals surface area contributed by atoms with Crippen molar-refractivity contribution in [1.29, 1.82) is 0 Å². The molecular weight excluding hydrogens is 331 g/mol. The molecule has 0 saturated heterocycles. The highest BCUT2D eigenvalue weighted by molar-refractivity contribution is 7.89. The van der Waals surface area contributed by atoms with E-state index in [1.165, 1.54) is 24.3 Å². The first-order valence-corrected chi connectivity index (χ1v) is 8.99. The molecule has 5 nitrogen and oxygen atoms in total. The minimum absolute atomic E-state index is 0.117. The highest BCUT2D eigenvalue weighted by atomic mass is 32.2. The topological polar surface area (TPSA) is 75.3 Å². The van der Waals surface area contributed by atoms with E-state index < -0.39 is 15.9 Å². The number of amides is 1. The molecule has 1 amide bonds. The predicted octanol–water partition coefficient (Wildman–Crippen LogP) is 1.98. The van der Waals surface area contributed by atoms with Gasteiger partial charge in [0.05, 0.1) is 11.4 Å². The lowest BCUT2D eigenvalue weighted by Crippen LogP contribution is -2.36. The van der Waals surface area contributed by atoms with Gasteiger partial charge in [-0.3, -0.25) is 4.79 Å². The summed E-state index contributed by atoms with van der Waals surface area (Å²) in [6, 6.07) is 12.2. The summed E-state index contributed by atoms with van der Waals surface area (Å²) < 4.78 is 39.3. The van der Waals surface area contributed by atoms with Crippen LogP contribution >= 0.6 is 0 Å². The Bertz CT molecular complexity index is 788. The van der Waals surface area contributed by atoms with Gasteiger partial charge < -0.3 is 5.32 Å². The Morgan fingerprint density at radius 3 is 2.17 bits per heavy atom. The van der Waals surface area contributed by atoms with E-state index in [-0.39, 0.29) is 23.8 Å². The van der Waals surface area contributed by atoms with E-state index in [1.807, 2.05) is 6.92 Å². The standard InChI is InChI=1S/C17H19FN2O3S/c1-2-13-5-9-16(10-6-13)24(22,23)20-12-17(21)19-11-14-3-7-15(18)8-4-14/h3-10,20H,2,11-12H2,1H3,(H,19,21). The number of benzene rings is 2. The highest BCUT2D eigenvalue weighted by Gasteiger charge is 2.15. The number of hydrogen-bond acceptors (Lipinski definition) is 3. The van der Waals surface area contributed by atoms with Crippen LogP contribution in [0, 0.1) is 5.82 Å². The zero-order valence-electron chi connectivity index (χ0n) is 13.3. The third-order valence-corrected chi connectivity index (χ3v) is 4.88. The molecule has 0 bridgehead atoms. The second kappa shape index (κ2) is 8.03. The van der Waals surface area contributed by atoms with Crippen molar-refractivity contribution in [3.8, 4) is 0 Å². The van der Waals surface area contributed by atoms with Crippen LogP contribution in [0.1, 0.15) is 18.1 Å². The fraction of sp³-hybridized carbons (Fsp3) is 0.235. The molecule has 0 saturated carbocycles. The van der Waals surface area contributed by atoms with Gasteiger partial charge in [-0.2, -0.15) is 0 Å². The molecule has 128 valence electrons. The predicted molar refractivity (Wildman–Crippen MR) is 89.3 cm³/mol. The van der Waals surface area contributed by atoms with Crippen molar-refractivity contribution in [1.82, 2.24) is 10.0 Å². The molecule has 24 heavy (non-hydrogen) atoms. The number of carbonyl (C=O) groups is 1. The second-order valence-corrected chi connectivity index (χ2v) is 6.99. The Hall–Kier alpha value is -2.25. The molecular formula is C17H19FN2O3S. The third-order valence-electron chi connectivity index (χ3n) is 3.47. The molecule has 0 aliphatic rings. The van der Waals surface area contributed by atoms with Crippen molar-refractivity contribution in [2.24, 2.45) is 0 Å². The van der Waals surface area contributed by atoms with Crippen LogP contribution in [-0.2, 0) is 27.8 Å². The van der Waals surface area contributed by atoms with Crippen molar-refractivity contribution in [3.05, 3.63) is 65.5 Å². The summed E-state index contributed by atoms with van der Waals surface area (Å²) in [4.78, 5) is 11.9. The van der Waals surface area contributed by atoms with E-state index in [1.54, 1.807) is 24.3 Å². The summed E-state index contributed by atoms with van der Waals surface area (Å²) >= 11 is 0. The highest BCUT2D eigenvalue weighted by Crippen LogP contribution is 2.10. The van der Waals surface area contributed by atoms with Crippen LogP contribution in [0.25, 0.3) is 0 Å². The fourth-order valence-electron chi connectivity index (χ4n) is 2.01. The van der Waals surface area contributed by atoms with Gasteiger partial charge in [0.1, 0.15) is 5.82 Å². The molecule has 7 heteroatoms. The maximum atomic E-state index is 12.8. The minimum atomic E-state index is -3.73. The number of carbonyl (C=O) groups excluding carboxylic acids is 1. The van der Waals surface area contributed by atoms with E-state index in [9.17, 15) is 17.6 Å². The van der Waals surface area contributed by atoms with Crippen LogP contribution in [0.5, 0.6) is 0 Å². The molecule has 2 rings (SSSR count). The largest absolute Gasteiger partial charge is 0.351 e. The summed E-state index contributed by atoms with van der Waals surface area (Å²) in [6.45, 7) is 1.82. The minimum Gasteiger partial charge on any atom is -0.351 e. The molecule has 2 aromatic carbocycles. The first kappa shape index (κ1) is 18.1. The third kappa shape index (κ3) is 5.14. The van der Waals surface area contributed by atoms with Gasteiger partial charge in [0.2, 0.25) is 15.9 Å². The maximum Gasteiger partial charge on any atom is 0.241 e. The average molecular weight is 350 g/mol. The Labute approximate surface area is 141 Å². The zero-order chi connectivity index (χ0) is 17.6. The quantitative estimate of drug-likeness (QED) is 0.802. The smallest absolute Gasteiger partial charge is 0.241 e. The van der Waals surface area contributed by atoms with Crippen LogP contribution in [0.2, 0.25) is 0 Å². The summed E-state index contributed by atoms with van der Waals surface area (Å²) in [7, 11) is -3.73. The Morgan fingerprint density at radius 2 is 1.58 bits per heavy atom. The van der Waals surface area contributed by atoms with Crippen LogP contribution in [0.4, 0.5) is 4.39 Å². The summed E-state index contributed by atoms with van der Waals surface area (Å²) in [5.41, 5.74) is 1.76. The van der Waals surface area contributed by atoms with Crippen molar-refractivity contribution in [2.75, 3.05) is 6.54 Å². The van der Waals surface area contributed by atoms with E-state index in [4.69, 9.17) is 0 Å². The van der Waals surface area contributed by atoms with Crippen LogP contribution in [0.3, 0.4) is 0 Å². The van der Waals surface area contributed by atoms with Crippen molar-refractivity contribution < 1.29 is 17.6 Å². The van der Waals surface area contributed by atoms with Crippen molar-refractivity contribution in [2.45, 2.75) is 24.8 Å². The van der Waals surface area contributed by atoms with Crippen molar-refractivity contribution >= 4 is 15.9 Å². The van der Waals surface area contributed by atoms with E-state index >= 15 is 0 Å². The number of aryl methyl sites for hydroxylation is 1. The molecule has 2 aromatic rings. The van der Waals surface area contributed by atoms with Gasteiger partial charge in [-0.15, -0.1) is 0 Å². The van der Waals surface area contributed by atoms with Crippen molar-refractivity contribution in [3.63, 3.8) is 0 Å². The van der Waals surface area contributed by atoms with Gasteiger partial charge in [0, 0.05) is 6.54 Å². The molecule has 0 unspecified atom stereocenters. The number of sulfonamides is 1. The maximum absolute atomic E-state index is 12.8. The van der Waals surface area contributed by atoms with E-state index in [0.29, 0.717) is 0 Å². The number of rotatable bonds is 7. The van der Waals surface area contributed by atoms with Gasteiger partial charge in [-0.25, -0.2) is 17.5 Å². The molecule has 0 aliphatic carbocycles. The van der Waals surface area contributed by atoms with E-state index in [0.717, 1.165) is 17.5 Å². The number of hydrogen-bond donors (Lipinski definition) is 2. The first-order valence-electron chi connectivity index (χ1n) is 7.50.